The lowest BCUT2D eigenvalue weighted by Gasteiger charge is -2.17. The molecule has 0 saturated carbocycles. The minimum absolute atomic E-state index is 0.423. The molecule has 0 fully saturated rings. The van der Waals surface area contributed by atoms with Crippen molar-refractivity contribution in [1.82, 2.24) is 0 Å². The van der Waals surface area contributed by atoms with Crippen LogP contribution in [0.5, 0.6) is 16.6 Å². The highest BCUT2D eigenvalue weighted by Gasteiger charge is 2.21. The van der Waals surface area contributed by atoms with E-state index in [0.29, 0.717) is 18.3 Å². The predicted octanol–water partition coefficient (Wildman–Crippen LogP) is 15.6. The summed E-state index contributed by atoms with van der Waals surface area (Å²) in [5.41, 5.74) is 4.30. The van der Waals surface area contributed by atoms with Gasteiger partial charge in [-0.1, -0.05) is 127 Å². The molecule has 5 rings (SSSR count). The van der Waals surface area contributed by atoms with Crippen LogP contribution in [0.15, 0.2) is 72.8 Å². The third kappa shape index (κ3) is 13.6. The highest BCUT2D eigenvalue weighted by atomic mass is 32.1. The molecular formula is C46H56O5PS3+. The van der Waals surface area contributed by atoms with Gasteiger partial charge in [0.15, 0.2) is 0 Å². The van der Waals surface area contributed by atoms with E-state index in [1.54, 1.807) is 28.7 Å². The molecule has 1 N–H and O–H groups in total. The monoisotopic (exact) mass is 815 g/mol. The van der Waals surface area contributed by atoms with Gasteiger partial charge in [0.1, 0.15) is 11.5 Å². The average Bonchev–Trinajstić information content (AvgIpc) is 3.98. The fourth-order valence-electron chi connectivity index (χ4n) is 6.31. The first-order valence-corrected chi connectivity index (χ1v) is 23.7. The summed E-state index contributed by atoms with van der Waals surface area (Å²) in [6.07, 6.45) is 17.7. The second-order valence-corrected chi connectivity index (χ2v) is 17.7. The Labute approximate surface area is 342 Å². The Morgan fingerprint density at radius 1 is 0.564 bits per heavy atom. The number of unbranched alkanes of at least 4 members (excludes halogenated alkanes) is 12. The van der Waals surface area contributed by atoms with Gasteiger partial charge in [-0.25, -0.2) is 4.52 Å². The molecule has 5 aromatic rings. The van der Waals surface area contributed by atoms with Crippen molar-refractivity contribution in [1.29, 1.82) is 0 Å². The van der Waals surface area contributed by atoms with E-state index in [2.05, 4.69) is 93.3 Å². The maximum absolute atomic E-state index is 11.2. The fraction of sp³-hybridized carbons (Fsp3) is 0.435. The highest BCUT2D eigenvalue weighted by Crippen LogP contribution is 2.48. The van der Waals surface area contributed by atoms with Crippen LogP contribution >= 0.6 is 42.3 Å². The van der Waals surface area contributed by atoms with E-state index in [4.69, 9.17) is 14.0 Å². The van der Waals surface area contributed by atoms with E-state index in [9.17, 15) is 9.46 Å². The van der Waals surface area contributed by atoms with E-state index < -0.39 is 8.25 Å². The van der Waals surface area contributed by atoms with Crippen LogP contribution in [0.1, 0.15) is 123 Å². The first-order valence-electron chi connectivity index (χ1n) is 20.2. The lowest BCUT2D eigenvalue weighted by molar-refractivity contribution is 0.299. The Morgan fingerprint density at radius 3 is 1.65 bits per heavy atom. The highest BCUT2D eigenvalue weighted by molar-refractivity contribution is 7.33. The maximum Gasteiger partial charge on any atom is 0.748 e. The molecule has 2 aromatic carbocycles. The molecule has 9 heteroatoms. The molecule has 0 spiro atoms. The number of thiophene rings is 3. The van der Waals surface area contributed by atoms with E-state index in [0.717, 1.165) is 79.8 Å². The number of benzene rings is 2. The van der Waals surface area contributed by atoms with Gasteiger partial charge in [0.05, 0.1) is 13.2 Å². The number of hydrogen-bond donors (Lipinski definition) is 1. The zero-order valence-corrected chi connectivity index (χ0v) is 36.0. The Morgan fingerprint density at radius 2 is 1.05 bits per heavy atom. The van der Waals surface area contributed by atoms with Gasteiger partial charge in [-0.2, -0.15) is 0 Å². The molecule has 292 valence electrons. The van der Waals surface area contributed by atoms with Gasteiger partial charge >= 0.3 is 8.25 Å². The second kappa shape index (κ2) is 23.6. The summed E-state index contributed by atoms with van der Waals surface area (Å²) in [6.45, 7) is 8.02. The van der Waals surface area contributed by atoms with Crippen LogP contribution in [0.2, 0.25) is 0 Å². The molecule has 55 heavy (non-hydrogen) atoms. The SMILES string of the molecule is CCCCCCCCC#Cc1ccc(-c2ccc(-c3cc(OCCCCCC)c(-c4ccc(-c5ccc(O[P+](=O)O)s5)s4)cc3OCCCCCC)s2)cc1. The van der Waals surface area contributed by atoms with Gasteiger partial charge in [0.2, 0.25) is 5.06 Å². The minimum atomic E-state index is -2.70. The molecule has 0 aliphatic carbocycles. The van der Waals surface area contributed by atoms with E-state index in [1.165, 1.54) is 86.0 Å². The topological polar surface area (TPSA) is 65.0 Å². The smallest absolute Gasteiger partial charge is 0.493 e. The molecule has 0 amide bonds. The molecule has 0 saturated heterocycles. The van der Waals surface area contributed by atoms with Crippen molar-refractivity contribution in [3.05, 3.63) is 78.4 Å². The lowest BCUT2D eigenvalue weighted by atomic mass is 10.1. The number of hydrogen-bond acceptors (Lipinski definition) is 7. The number of ether oxygens (including phenoxy) is 2. The van der Waals surface area contributed by atoms with Crippen molar-refractivity contribution in [3.63, 3.8) is 0 Å². The molecular weight excluding hydrogens is 760 g/mol. The lowest BCUT2D eigenvalue weighted by Crippen LogP contribution is -2.02. The Bertz CT molecular complexity index is 1960. The summed E-state index contributed by atoms with van der Waals surface area (Å²) in [5.74, 6) is 8.46. The van der Waals surface area contributed by atoms with E-state index >= 15 is 0 Å². The summed E-state index contributed by atoms with van der Waals surface area (Å²) in [6, 6.07) is 25.3. The van der Waals surface area contributed by atoms with Gasteiger partial charge < -0.3 is 9.47 Å². The molecule has 0 aliphatic rings. The first-order chi connectivity index (χ1) is 27.0. The van der Waals surface area contributed by atoms with Gasteiger partial charge in [-0.15, -0.1) is 27.6 Å². The van der Waals surface area contributed by atoms with E-state index in [1.807, 2.05) is 6.07 Å². The van der Waals surface area contributed by atoms with Crippen molar-refractivity contribution in [2.24, 2.45) is 0 Å². The largest absolute Gasteiger partial charge is 0.748 e. The Balaban J connectivity index is 1.41. The molecule has 1 atom stereocenters. The Hall–Kier alpha value is -3.44. The van der Waals surface area contributed by atoms with E-state index in [-0.39, 0.29) is 0 Å². The predicted molar refractivity (Wildman–Crippen MR) is 236 cm³/mol. The Kier molecular flexibility index (Phi) is 18.3. The summed E-state index contributed by atoms with van der Waals surface area (Å²) in [5, 5.41) is 0.423. The summed E-state index contributed by atoms with van der Waals surface area (Å²) in [7, 11) is -2.70. The zero-order valence-electron chi connectivity index (χ0n) is 32.7. The average molecular weight is 816 g/mol. The molecule has 5 nitrogen and oxygen atoms in total. The number of rotatable bonds is 24. The van der Waals surface area contributed by atoms with Crippen molar-refractivity contribution >= 4 is 42.3 Å². The van der Waals surface area contributed by atoms with Crippen LogP contribution in [0, 0.1) is 11.8 Å². The minimum Gasteiger partial charge on any atom is -0.493 e. The van der Waals surface area contributed by atoms with Crippen LogP contribution in [-0.4, -0.2) is 18.1 Å². The third-order valence-corrected chi connectivity index (χ3v) is 13.3. The first kappa shape index (κ1) is 42.7. The zero-order chi connectivity index (χ0) is 38.7. The van der Waals surface area contributed by atoms with Crippen LogP contribution in [-0.2, 0) is 4.57 Å². The molecule has 3 heterocycles. The molecule has 0 radical (unpaired) electrons. The maximum atomic E-state index is 11.2. The van der Waals surface area contributed by atoms with Crippen LogP contribution in [0.4, 0.5) is 0 Å². The summed E-state index contributed by atoms with van der Waals surface area (Å²) in [4.78, 5) is 14.7. The molecule has 1 unspecified atom stereocenters. The van der Waals surface area contributed by atoms with Crippen LogP contribution < -0.4 is 14.0 Å². The van der Waals surface area contributed by atoms with Crippen molar-refractivity contribution in [2.45, 2.75) is 117 Å². The van der Waals surface area contributed by atoms with Crippen molar-refractivity contribution < 1.29 is 23.5 Å². The standard InChI is InChI=1S/C46H55O5PS3/c1-4-7-10-13-14-15-16-17-20-35-21-23-36(24-22-35)41-25-26-42(53-41)37-33-40(50-32-19-12-9-6-3)38(34-39(37)49-31-18-11-8-5-2)43-27-28-44(54-43)45-29-30-46(55-45)51-52(47)48/h21-30,33-34H,4-16,18-19,31-32H2,1-3H3/p+1. The van der Waals surface area contributed by atoms with Gasteiger partial charge in [0, 0.05) is 52.1 Å². The second-order valence-electron chi connectivity index (χ2n) is 13.8. The summed E-state index contributed by atoms with van der Waals surface area (Å²) >= 11 is 4.80. The quantitative estimate of drug-likeness (QED) is 0.0382. The van der Waals surface area contributed by atoms with Crippen LogP contribution in [0.25, 0.3) is 41.1 Å². The van der Waals surface area contributed by atoms with Crippen molar-refractivity contribution in [2.75, 3.05) is 13.2 Å². The molecule has 0 aliphatic heterocycles. The van der Waals surface area contributed by atoms with Gasteiger partial charge in [-0.05, 0) is 85.5 Å². The summed E-state index contributed by atoms with van der Waals surface area (Å²) < 4.78 is 29.5. The van der Waals surface area contributed by atoms with Crippen molar-refractivity contribution in [3.8, 4) is 69.5 Å². The van der Waals surface area contributed by atoms with Crippen LogP contribution in [0.3, 0.4) is 0 Å². The molecule has 0 bridgehead atoms. The fourth-order valence-corrected chi connectivity index (χ4v) is 9.76. The normalized spacial score (nSPS) is 11.3. The van der Waals surface area contributed by atoms with Gasteiger partial charge in [0.25, 0.3) is 0 Å². The molecule has 3 aromatic heterocycles. The third-order valence-electron chi connectivity index (χ3n) is 9.39. The van der Waals surface area contributed by atoms with Gasteiger partial charge in [-0.3, -0.25) is 0 Å².